The summed E-state index contributed by atoms with van der Waals surface area (Å²) in [5, 5.41) is 0. The molecule has 0 radical (unpaired) electrons. The predicted octanol–water partition coefficient (Wildman–Crippen LogP) is 1.21. The minimum absolute atomic E-state index is 0.112. The summed E-state index contributed by atoms with van der Waals surface area (Å²) in [7, 11) is -3.25. The highest BCUT2D eigenvalue weighted by molar-refractivity contribution is 7.89. The zero-order valence-corrected chi connectivity index (χ0v) is 13.1. The summed E-state index contributed by atoms with van der Waals surface area (Å²) in [5.41, 5.74) is 0.813. The minimum Gasteiger partial charge on any atom is -0.378 e. The minimum atomic E-state index is -3.25. The third kappa shape index (κ3) is 4.05. The van der Waals surface area contributed by atoms with E-state index in [-0.39, 0.29) is 18.4 Å². The summed E-state index contributed by atoms with van der Waals surface area (Å²) in [6, 6.07) is 0. The highest BCUT2D eigenvalue weighted by Gasteiger charge is 2.20. The predicted molar refractivity (Wildman–Crippen MR) is 79.4 cm³/mol. The molecule has 1 N–H and O–H groups in total. The summed E-state index contributed by atoms with van der Waals surface area (Å²) in [6.07, 6.45) is 8.01. The van der Waals surface area contributed by atoms with Gasteiger partial charge in [-0.1, -0.05) is 0 Å². The third-order valence-electron chi connectivity index (χ3n) is 4.16. The number of nitrogens with one attached hydrogen (secondary N) is 1. The molecule has 0 amide bonds. The summed E-state index contributed by atoms with van der Waals surface area (Å²) in [4.78, 5) is 4.50. The van der Waals surface area contributed by atoms with Crippen LogP contribution in [0.5, 0.6) is 0 Å². The molecular formula is C14H23N3O3S. The average molecular weight is 313 g/mol. The molecule has 0 unspecified atom stereocenters. The standard InChI is InChI=1S/C14H23N3O3S/c18-21(19,9-6-13-4-3-8-20-13)15-10-12-11-17-7-2-1-5-14(17)16-12/h11,13,15H,1-10H2/t13-/m1/s1. The van der Waals surface area contributed by atoms with E-state index >= 15 is 0 Å². The number of hydrogen-bond donors (Lipinski definition) is 1. The normalized spacial score (nSPS) is 22.4. The van der Waals surface area contributed by atoms with Gasteiger partial charge in [-0.25, -0.2) is 18.1 Å². The van der Waals surface area contributed by atoms with Gasteiger partial charge in [0.1, 0.15) is 5.82 Å². The molecular weight excluding hydrogens is 290 g/mol. The molecule has 118 valence electrons. The first-order valence-corrected chi connectivity index (χ1v) is 9.41. The van der Waals surface area contributed by atoms with Crippen LogP contribution < -0.4 is 4.72 Å². The molecule has 0 aromatic carbocycles. The van der Waals surface area contributed by atoms with Crippen molar-refractivity contribution in [1.29, 1.82) is 0 Å². The summed E-state index contributed by atoms with van der Waals surface area (Å²) < 4.78 is 34.3. The number of aromatic nitrogens is 2. The zero-order chi connectivity index (χ0) is 14.7. The molecule has 7 heteroatoms. The van der Waals surface area contributed by atoms with Crippen molar-refractivity contribution in [3.8, 4) is 0 Å². The number of hydrogen-bond acceptors (Lipinski definition) is 4. The van der Waals surface area contributed by atoms with Crippen molar-refractivity contribution in [3.05, 3.63) is 17.7 Å². The highest BCUT2D eigenvalue weighted by Crippen LogP contribution is 2.16. The van der Waals surface area contributed by atoms with E-state index in [1.165, 1.54) is 12.8 Å². The quantitative estimate of drug-likeness (QED) is 0.857. The van der Waals surface area contributed by atoms with Crippen LogP contribution in [-0.4, -0.2) is 36.4 Å². The number of fused-ring (bicyclic) bond motifs is 1. The first-order valence-electron chi connectivity index (χ1n) is 7.76. The van der Waals surface area contributed by atoms with Gasteiger partial charge in [0.05, 0.1) is 24.1 Å². The van der Waals surface area contributed by atoms with Crippen molar-refractivity contribution in [2.24, 2.45) is 0 Å². The summed E-state index contributed by atoms with van der Waals surface area (Å²) in [6.45, 7) is 2.04. The van der Waals surface area contributed by atoms with Crippen LogP contribution >= 0.6 is 0 Å². The molecule has 0 bridgehead atoms. The van der Waals surface area contributed by atoms with Gasteiger partial charge >= 0.3 is 0 Å². The van der Waals surface area contributed by atoms with Crippen molar-refractivity contribution in [3.63, 3.8) is 0 Å². The van der Waals surface area contributed by atoms with E-state index in [4.69, 9.17) is 4.74 Å². The van der Waals surface area contributed by atoms with Gasteiger partial charge in [-0.15, -0.1) is 0 Å². The Morgan fingerprint density at radius 1 is 1.38 bits per heavy atom. The Bertz CT molecular complexity index is 553. The molecule has 1 aromatic heterocycles. The van der Waals surface area contributed by atoms with Crippen molar-refractivity contribution < 1.29 is 13.2 Å². The molecule has 6 nitrogen and oxygen atoms in total. The molecule has 1 aromatic rings. The van der Waals surface area contributed by atoms with E-state index in [1.807, 2.05) is 6.20 Å². The van der Waals surface area contributed by atoms with E-state index < -0.39 is 10.0 Å². The fourth-order valence-corrected chi connectivity index (χ4v) is 4.06. The fraction of sp³-hybridized carbons (Fsp3) is 0.786. The zero-order valence-electron chi connectivity index (χ0n) is 12.3. The molecule has 1 saturated heterocycles. The Balaban J connectivity index is 1.49. The second-order valence-electron chi connectivity index (χ2n) is 5.86. The van der Waals surface area contributed by atoms with E-state index in [0.717, 1.165) is 43.9 Å². The SMILES string of the molecule is O=S(=O)(CC[C@H]1CCCO1)NCc1cn2c(n1)CCCC2. The lowest BCUT2D eigenvalue weighted by Gasteiger charge is -2.11. The van der Waals surface area contributed by atoms with E-state index in [0.29, 0.717) is 6.42 Å². The monoisotopic (exact) mass is 313 g/mol. The van der Waals surface area contributed by atoms with E-state index in [2.05, 4.69) is 14.3 Å². The van der Waals surface area contributed by atoms with Crippen LogP contribution in [0.4, 0.5) is 0 Å². The Morgan fingerprint density at radius 3 is 3.05 bits per heavy atom. The van der Waals surface area contributed by atoms with Gasteiger partial charge in [-0.3, -0.25) is 0 Å². The van der Waals surface area contributed by atoms with Gasteiger partial charge < -0.3 is 9.30 Å². The van der Waals surface area contributed by atoms with Crippen LogP contribution in [0.3, 0.4) is 0 Å². The van der Waals surface area contributed by atoms with Gasteiger partial charge in [0.2, 0.25) is 10.0 Å². The molecule has 0 aliphatic carbocycles. The number of ether oxygens (including phenoxy) is 1. The van der Waals surface area contributed by atoms with Crippen molar-refractivity contribution in [1.82, 2.24) is 14.3 Å². The number of sulfonamides is 1. The Kier molecular flexibility index (Phi) is 4.61. The summed E-state index contributed by atoms with van der Waals surface area (Å²) in [5.74, 6) is 1.21. The smallest absolute Gasteiger partial charge is 0.212 e. The lowest BCUT2D eigenvalue weighted by atomic mass is 10.2. The van der Waals surface area contributed by atoms with E-state index in [9.17, 15) is 8.42 Å². The van der Waals surface area contributed by atoms with Crippen molar-refractivity contribution in [2.75, 3.05) is 12.4 Å². The van der Waals surface area contributed by atoms with Gasteiger partial charge in [-0.05, 0) is 32.1 Å². The number of nitrogens with zero attached hydrogens (tertiary/aromatic N) is 2. The Morgan fingerprint density at radius 2 is 2.29 bits per heavy atom. The average Bonchev–Trinajstić information content (AvgIpc) is 3.12. The third-order valence-corrected chi connectivity index (χ3v) is 5.52. The van der Waals surface area contributed by atoms with Crippen LogP contribution in [0, 0.1) is 0 Å². The van der Waals surface area contributed by atoms with Crippen LogP contribution in [0.2, 0.25) is 0 Å². The molecule has 2 aliphatic rings. The molecule has 21 heavy (non-hydrogen) atoms. The van der Waals surface area contributed by atoms with Crippen LogP contribution in [-0.2, 0) is 34.3 Å². The molecule has 1 fully saturated rings. The van der Waals surface area contributed by atoms with Gasteiger partial charge in [-0.2, -0.15) is 0 Å². The van der Waals surface area contributed by atoms with Crippen LogP contribution in [0.15, 0.2) is 6.20 Å². The molecule has 3 heterocycles. The maximum Gasteiger partial charge on any atom is 0.212 e. The molecule has 1 atom stereocenters. The first kappa shape index (κ1) is 15.0. The lowest BCUT2D eigenvalue weighted by molar-refractivity contribution is 0.109. The molecule has 3 rings (SSSR count). The Hall–Kier alpha value is -0.920. The number of aryl methyl sites for hydroxylation is 2. The van der Waals surface area contributed by atoms with Gasteiger partial charge in [0.25, 0.3) is 0 Å². The van der Waals surface area contributed by atoms with Crippen LogP contribution in [0.25, 0.3) is 0 Å². The highest BCUT2D eigenvalue weighted by atomic mass is 32.2. The maximum absolute atomic E-state index is 12.0. The van der Waals surface area contributed by atoms with Crippen molar-refractivity contribution in [2.45, 2.75) is 57.7 Å². The number of imidazole rings is 1. The largest absolute Gasteiger partial charge is 0.378 e. The topological polar surface area (TPSA) is 73.2 Å². The number of rotatable bonds is 6. The van der Waals surface area contributed by atoms with Crippen LogP contribution in [0.1, 0.15) is 43.6 Å². The maximum atomic E-state index is 12.0. The van der Waals surface area contributed by atoms with Gasteiger partial charge in [0, 0.05) is 25.8 Å². The summed E-state index contributed by atoms with van der Waals surface area (Å²) >= 11 is 0. The lowest BCUT2D eigenvalue weighted by Crippen LogP contribution is -2.28. The second kappa shape index (κ2) is 6.46. The molecule has 2 aliphatic heterocycles. The molecule has 0 spiro atoms. The second-order valence-corrected chi connectivity index (χ2v) is 7.79. The van der Waals surface area contributed by atoms with Gasteiger partial charge in [0.15, 0.2) is 0 Å². The Labute approximate surface area is 125 Å². The fourth-order valence-electron chi connectivity index (χ4n) is 2.97. The van der Waals surface area contributed by atoms with Crippen molar-refractivity contribution >= 4 is 10.0 Å². The first-order chi connectivity index (χ1) is 10.1. The van der Waals surface area contributed by atoms with E-state index in [1.54, 1.807) is 0 Å². The molecule has 0 saturated carbocycles.